The molecule has 116 valence electrons. The molecule has 5 nitrogen and oxygen atoms in total. The monoisotopic (exact) mass is 291 g/mol. The molecule has 0 bridgehead atoms. The van der Waals surface area contributed by atoms with E-state index < -0.39 is 6.04 Å². The maximum absolute atomic E-state index is 12.1. The largest absolute Gasteiger partial charge is 0.348 e. The molecular weight excluding hydrogens is 266 g/mol. The van der Waals surface area contributed by atoms with Crippen LogP contribution in [0.25, 0.3) is 0 Å². The van der Waals surface area contributed by atoms with E-state index in [2.05, 4.69) is 10.6 Å². The number of hydrogen-bond acceptors (Lipinski definition) is 3. The molecule has 0 aromatic heterocycles. The van der Waals surface area contributed by atoms with Gasteiger partial charge in [-0.1, -0.05) is 32.9 Å². The molecule has 1 aromatic rings. The molecule has 0 aliphatic rings. The SMILES string of the molecule is CC(=O)Nc1cccc(C(C)NC(=O)[C@H](N)C(C)(C)C)c1. The number of carbonyl (C=O) groups is 2. The quantitative estimate of drug-likeness (QED) is 0.795. The van der Waals surface area contributed by atoms with Crippen LogP contribution in [0.1, 0.15) is 46.2 Å². The Bertz CT molecular complexity index is 520. The van der Waals surface area contributed by atoms with Gasteiger partial charge in [0.25, 0.3) is 0 Å². The molecule has 1 unspecified atom stereocenters. The van der Waals surface area contributed by atoms with Crippen LogP contribution in [0.5, 0.6) is 0 Å². The summed E-state index contributed by atoms with van der Waals surface area (Å²) in [7, 11) is 0. The van der Waals surface area contributed by atoms with E-state index in [1.165, 1.54) is 6.92 Å². The first kappa shape index (κ1) is 17.2. The first-order chi connectivity index (χ1) is 9.61. The zero-order valence-electron chi connectivity index (χ0n) is 13.4. The van der Waals surface area contributed by atoms with Crippen LogP contribution in [0.3, 0.4) is 0 Å². The summed E-state index contributed by atoms with van der Waals surface area (Å²) in [6, 6.07) is 6.64. The fraction of sp³-hybridized carbons (Fsp3) is 0.500. The van der Waals surface area contributed by atoms with Crippen LogP contribution in [-0.4, -0.2) is 17.9 Å². The van der Waals surface area contributed by atoms with Crippen molar-refractivity contribution in [2.45, 2.75) is 46.7 Å². The lowest BCUT2D eigenvalue weighted by molar-refractivity contribution is -0.125. The minimum atomic E-state index is -0.571. The highest BCUT2D eigenvalue weighted by Gasteiger charge is 2.28. The average Bonchev–Trinajstić information content (AvgIpc) is 2.36. The van der Waals surface area contributed by atoms with Crippen LogP contribution in [0.15, 0.2) is 24.3 Å². The van der Waals surface area contributed by atoms with Crippen molar-refractivity contribution in [1.29, 1.82) is 0 Å². The van der Waals surface area contributed by atoms with Crippen molar-refractivity contribution in [3.05, 3.63) is 29.8 Å². The lowest BCUT2D eigenvalue weighted by Gasteiger charge is -2.27. The highest BCUT2D eigenvalue weighted by atomic mass is 16.2. The molecule has 2 atom stereocenters. The van der Waals surface area contributed by atoms with E-state index in [0.717, 1.165) is 5.56 Å². The molecule has 0 saturated heterocycles. The minimum absolute atomic E-state index is 0.126. The van der Waals surface area contributed by atoms with Gasteiger partial charge in [-0.2, -0.15) is 0 Å². The Labute approximate surface area is 126 Å². The normalized spacial score (nSPS) is 14.2. The van der Waals surface area contributed by atoms with E-state index in [-0.39, 0.29) is 23.3 Å². The summed E-state index contributed by atoms with van der Waals surface area (Å²) in [4.78, 5) is 23.2. The number of anilines is 1. The summed E-state index contributed by atoms with van der Waals surface area (Å²) in [5.74, 6) is -0.307. The molecule has 4 N–H and O–H groups in total. The van der Waals surface area contributed by atoms with Gasteiger partial charge in [-0.25, -0.2) is 0 Å². The van der Waals surface area contributed by atoms with Gasteiger partial charge < -0.3 is 16.4 Å². The summed E-state index contributed by atoms with van der Waals surface area (Å²) < 4.78 is 0. The third kappa shape index (κ3) is 5.19. The van der Waals surface area contributed by atoms with Crippen molar-refractivity contribution in [3.63, 3.8) is 0 Å². The molecule has 5 heteroatoms. The fourth-order valence-electron chi connectivity index (χ4n) is 1.87. The summed E-state index contributed by atoms with van der Waals surface area (Å²) in [5, 5.41) is 5.63. The van der Waals surface area contributed by atoms with Crippen LogP contribution in [0.4, 0.5) is 5.69 Å². The number of nitrogens with two attached hydrogens (primary N) is 1. The van der Waals surface area contributed by atoms with Crippen LogP contribution in [-0.2, 0) is 9.59 Å². The molecule has 2 amide bonds. The number of hydrogen-bond donors (Lipinski definition) is 3. The molecule has 0 aliphatic carbocycles. The van der Waals surface area contributed by atoms with Gasteiger partial charge in [0, 0.05) is 12.6 Å². The lowest BCUT2D eigenvalue weighted by Crippen LogP contribution is -2.49. The Morgan fingerprint density at radius 3 is 2.38 bits per heavy atom. The van der Waals surface area contributed by atoms with Crippen LogP contribution in [0.2, 0.25) is 0 Å². The van der Waals surface area contributed by atoms with Crippen molar-refractivity contribution in [2.75, 3.05) is 5.32 Å². The summed E-state index contributed by atoms with van der Waals surface area (Å²) in [6.45, 7) is 9.14. The van der Waals surface area contributed by atoms with Gasteiger partial charge in [0.15, 0.2) is 0 Å². The van der Waals surface area contributed by atoms with Gasteiger partial charge in [-0.3, -0.25) is 9.59 Å². The van der Waals surface area contributed by atoms with Crippen molar-refractivity contribution in [2.24, 2.45) is 11.1 Å². The van der Waals surface area contributed by atoms with Gasteiger partial charge in [0.1, 0.15) is 0 Å². The first-order valence-corrected chi connectivity index (χ1v) is 7.04. The number of benzene rings is 1. The predicted molar refractivity (Wildman–Crippen MR) is 84.7 cm³/mol. The number of carbonyl (C=O) groups excluding carboxylic acids is 2. The third-order valence-electron chi connectivity index (χ3n) is 3.28. The van der Waals surface area contributed by atoms with E-state index in [1.807, 2.05) is 45.9 Å². The van der Waals surface area contributed by atoms with Crippen molar-refractivity contribution >= 4 is 17.5 Å². The zero-order valence-corrected chi connectivity index (χ0v) is 13.4. The molecule has 0 fully saturated rings. The Morgan fingerprint density at radius 1 is 1.24 bits per heavy atom. The standard InChI is InChI=1S/C16H25N3O2/c1-10(18-15(21)14(17)16(3,4)5)12-7-6-8-13(9-12)19-11(2)20/h6-10,14H,17H2,1-5H3,(H,18,21)(H,19,20)/t10?,14-/m0/s1. The van der Waals surface area contributed by atoms with E-state index in [4.69, 9.17) is 5.73 Å². The Balaban J connectivity index is 2.78. The van der Waals surface area contributed by atoms with Crippen LogP contribution in [0, 0.1) is 5.41 Å². The first-order valence-electron chi connectivity index (χ1n) is 7.04. The van der Waals surface area contributed by atoms with Gasteiger partial charge >= 0.3 is 0 Å². The van der Waals surface area contributed by atoms with Gasteiger partial charge in [-0.05, 0) is 30.0 Å². The molecule has 1 rings (SSSR count). The van der Waals surface area contributed by atoms with E-state index in [0.29, 0.717) is 5.69 Å². The molecule has 1 aromatic carbocycles. The average molecular weight is 291 g/mol. The van der Waals surface area contributed by atoms with Crippen LogP contribution < -0.4 is 16.4 Å². The third-order valence-corrected chi connectivity index (χ3v) is 3.28. The molecular formula is C16H25N3O2. The van der Waals surface area contributed by atoms with E-state index >= 15 is 0 Å². The number of nitrogens with one attached hydrogen (secondary N) is 2. The lowest BCUT2D eigenvalue weighted by atomic mass is 9.86. The number of amides is 2. The maximum Gasteiger partial charge on any atom is 0.237 e. The van der Waals surface area contributed by atoms with Gasteiger partial charge in [-0.15, -0.1) is 0 Å². The Morgan fingerprint density at radius 2 is 1.86 bits per heavy atom. The second kappa shape index (κ2) is 6.72. The molecule has 0 aliphatic heterocycles. The maximum atomic E-state index is 12.1. The molecule has 0 saturated carbocycles. The second-order valence-electron chi connectivity index (χ2n) is 6.38. The Kier molecular flexibility index (Phi) is 5.49. The summed E-state index contributed by atoms with van der Waals surface area (Å²) >= 11 is 0. The van der Waals surface area contributed by atoms with Gasteiger partial charge in [0.05, 0.1) is 12.1 Å². The molecule has 0 spiro atoms. The van der Waals surface area contributed by atoms with Crippen LogP contribution >= 0.6 is 0 Å². The Hall–Kier alpha value is -1.88. The zero-order chi connectivity index (χ0) is 16.2. The number of rotatable bonds is 4. The second-order valence-corrected chi connectivity index (χ2v) is 6.38. The topological polar surface area (TPSA) is 84.2 Å². The highest BCUT2D eigenvalue weighted by molar-refractivity contribution is 5.88. The fourth-order valence-corrected chi connectivity index (χ4v) is 1.87. The minimum Gasteiger partial charge on any atom is -0.348 e. The molecule has 0 heterocycles. The highest BCUT2D eigenvalue weighted by Crippen LogP contribution is 2.20. The van der Waals surface area contributed by atoms with Crippen molar-refractivity contribution < 1.29 is 9.59 Å². The van der Waals surface area contributed by atoms with E-state index in [1.54, 1.807) is 6.07 Å². The smallest absolute Gasteiger partial charge is 0.237 e. The summed E-state index contributed by atoms with van der Waals surface area (Å²) in [5.41, 5.74) is 7.28. The molecule has 21 heavy (non-hydrogen) atoms. The molecule has 0 radical (unpaired) electrons. The van der Waals surface area contributed by atoms with E-state index in [9.17, 15) is 9.59 Å². The van der Waals surface area contributed by atoms with Crippen molar-refractivity contribution in [1.82, 2.24) is 5.32 Å². The van der Waals surface area contributed by atoms with Gasteiger partial charge in [0.2, 0.25) is 11.8 Å². The summed E-state index contributed by atoms with van der Waals surface area (Å²) in [6.07, 6.45) is 0. The van der Waals surface area contributed by atoms with Crippen molar-refractivity contribution in [3.8, 4) is 0 Å². The predicted octanol–water partition coefficient (Wildman–Crippen LogP) is 2.20.